The molecule has 0 spiro atoms. The number of halogens is 3. The molecule has 94 valence electrons. The van der Waals surface area contributed by atoms with E-state index in [1.54, 1.807) is 13.8 Å². The van der Waals surface area contributed by atoms with Gasteiger partial charge < -0.3 is 5.11 Å². The number of carbonyl (C=O) groups is 1. The SMILES string of the molecule is CC(C)C(O)C(=O)Cc1c(F)ccc(Br)c1F. The summed E-state index contributed by atoms with van der Waals surface area (Å²) in [5.41, 5.74) is -0.316. The molecule has 1 aromatic carbocycles. The van der Waals surface area contributed by atoms with Crippen molar-refractivity contribution in [2.24, 2.45) is 5.92 Å². The van der Waals surface area contributed by atoms with E-state index >= 15 is 0 Å². The molecule has 0 aromatic heterocycles. The maximum absolute atomic E-state index is 13.6. The lowest BCUT2D eigenvalue weighted by Crippen LogP contribution is -2.28. The highest BCUT2D eigenvalue weighted by molar-refractivity contribution is 9.10. The molecule has 1 N–H and O–H groups in total. The second-order valence-electron chi connectivity index (χ2n) is 4.15. The molecule has 0 aliphatic heterocycles. The first kappa shape index (κ1) is 14.3. The van der Waals surface area contributed by atoms with Crippen LogP contribution in [0, 0.1) is 17.6 Å². The quantitative estimate of drug-likeness (QED) is 0.869. The van der Waals surface area contributed by atoms with E-state index in [1.165, 1.54) is 6.07 Å². The number of aliphatic hydroxyl groups is 1. The van der Waals surface area contributed by atoms with E-state index in [2.05, 4.69) is 15.9 Å². The van der Waals surface area contributed by atoms with Crippen molar-refractivity contribution in [1.29, 1.82) is 0 Å². The molecule has 0 heterocycles. The molecule has 1 unspecified atom stereocenters. The fourth-order valence-corrected chi connectivity index (χ4v) is 1.75. The van der Waals surface area contributed by atoms with Crippen LogP contribution >= 0.6 is 15.9 Å². The fourth-order valence-electron chi connectivity index (χ4n) is 1.38. The first-order valence-electron chi connectivity index (χ1n) is 5.17. The zero-order valence-electron chi connectivity index (χ0n) is 9.51. The van der Waals surface area contributed by atoms with Crippen LogP contribution in [0.4, 0.5) is 8.78 Å². The van der Waals surface area contributed by atoms with Crippen LogP contribution in [0.15, 0.2) is 16.6 Å². The summed E-state index contributed by atoms with van der Waals surface area (Å²) in [4.78, 5) is 11.6. The average molecular weight is 307 g/mol. The van der Waals surface area contributed by atoms with E-state index in [1.807, 2.05) is 0 Å². The summed E-state index contributed by atoms with van der Waals surface area (Å²) in [6.45, 7) is 3.33. The minimum absolute atomic E-state index is 0.0979. The van der Waals surface area contributed by atoms with E-state index in [9.17, 15) is 18.7 Å². The summed E-state index contributed by atoms with van der Waals surface area (Å²) < 4.78 is 27.0. The van der Waals surface area contributed by atoms with Gasteiger partial charge in [0.25, 0.3) is 0 Å². The van der Waals surface area contributed by atoms with Crippen LogP contribution in [-0.4, -0.2) is 17.0 Å². The van der Waals surface area contributed by atoms with E-state index < -0.39 is 29.9 Å². The predicted molar refractivity (Wildman–Crippen MR) is 63.6 cm³/mol. The third-order valence-electron chi connectivity index (χ3n) is 2.45. The Morgan fingerprint density at radius 1 is 1.41 bits per heavy atom. The number of hydrogen-bond donors (Lipinski definition) is 1. The Morgan fingerprint density at radius 2 is 2.00 bits per heavy atom. The van der Waals surface area contributed by atoms with Gasteiger partial charge in [0, 0.05) is 12.0 Å². The van der Waals surface area contributed by atoms with Crippen molar-refractivity contribution in [3.05, 3.63) is 33.8 Å². The molecule has 0 saturated heterocycles. The van der Waals surface area contributed by atoms with Crippen LogP contribution in [-0.2, 0) is 11.2 Å². The Bertz CT molecular complexity index is 433. The van der Waals surface area contributed by atoms with Gasteiger partial charge in [-0.05, 0) is 34.0 Å². The van der Waals surface area contributed by atoms with E-state index in [0.717, 1.165) is 6.07 Å². The second-order valence-corrected chi connectivity index (χ2v) is 5.01. The molecule has 5 heteroatoms. The summed E-state index contributed by atoms with van der Waals surface area (Å²) in [5.74, 6) is -2.44. The van der Waals surface area contributed by atoms with Crippen LogP contribution in [0.25, 0.3) is 0 Å². The van der Waals surface area contributed by atoms with Crippen molar-refractivity contribution < 1.29 is 18.7 Å². The van der Waals surface area contributed by atoms with Gasteiger partial charge in [-0.1, -0.05) is 13.8 Å². The molecule has 0 aliphatic rings. The third kappa shape index (κ3) is 3.33. The molecule has 0 saturated carbocycles. The maximum Gasteiger partial charge on any atom is 0.166 e. The van der Waals surface area contributed by atoms with Crippen LogP contribution in [0.3, 0.4) is 0 Å². The minimum atomic E-state index is -1.20. The fraction of sp³-hybridized carbons (Fsp3) is 0.417. The van der Waals surface area contributed by atoms with Crippen molar-refractivity contribution in [2.75, 3.05) is 0 Å². The zero-order valence-corrected chi connectivity index (χ0v) is 11.1. The van der Waals surface area contributed by atoms with Gasteiger partial charge in [-0.15, -0.1) is 0 Å². The van der Waals surface area contributed by atoms with Gasteiger partial charge in [0.05, 0.1) is 4.47 Å². The van der Waals surface area contributed by atoms with Gasteiger partial charge in [0.1, 0.15) is 17.7 Å². The molecule has 0 aliphatic carbocycles. The summed E-state index contributed by atoms with van der Waals surface area (Å²) in [6.07, 6.45) is -1.65. The van der Waals surface area contributed by atoms with Gasteiger partial charge in [-0.25, -0.2) is 8.78 Å². The second kappa shape index (κ2) is 5.69. The number of carbonyl (C=O) groups excluding carboxylic acids is 1. The Labute approximate surface area is 107 Å². The zero-order chi connectivity index (χ0) is 13.2. The smallest absolute Gasteiger partial charge is 0.166 e. The summed E-state index contributed by atoms with van der Waals surface area (Å²) in [6, 6.07) is 2.31. The number of ketones is 1. The summed E-state index contributed by atoms with van der Waals surface area (Å²) >= 11 is 2.92. The molecular formula is C12H13BrF2O2. The van der Waals surface area contributed by atoms with E-state index in [4.69, 9.17) is 0 Å². The first-order chi connectivity index (χ1) is 7.84. The first-order valence-corrected chi connectivity index (χ1v) is 5.97. The van der Waals surface area contributed by atoms with Gasteiger partial charge in [-0.3, -0.25) is 4.79 Å². The Balaban J connectivity index is 2.96. The topological polar surface area (TPSA) is 37.3 Å². The summed E-state index contributed by atoms with van der Waals surface area (Å²) in [5, 5.41) is 9.50. The van der Waals surface area contributed by atoms with Crippen molar-refractivity contribution in [3.63, 3.8) is 0 Å². The molecule has 1 atom stereocenters. The van der Waals surface area contributed by atoms with Gasteiger partial charge in [-0.2, -0.15) is 0 Å². The highest BCUT2D eigenvalue weighted by Crippen LogP contribution is 2.22. The van der Waals surface area contributed by atoms with Crippen LogP contribution < -0.4 is 0 Å². The highest BCUT2D eigenvalue weighted by Gasteiger charge is 2.22. The molecule has 0 radical (unpaired) electrons. The molecule has 0 bridgehead atoms. The van der Waals surface area contributed by atoms with Crippen LogP contribution in [0.1, 0.15) is 19.4 Å². The standard InChI is InChI=1S/C12H13BrF2O2/c1-6(2)12(17)10(16)5-7-9(14)4-3-8(13)11(7)15/h3-4,6,12,17H,5H2,1-2H3. The van der Waals surface area contributed by atoms with Crippen LogP contribution in [0.2, 0.25) is 0 Å². The number of benzene rings is 1. The molecule has 1 aromatic rings. The summed E-state index contributed by atoms with van der Waals surface area (Å²) in [7, 11) is 0. The number of Topliss-reactive ketones (excluding diaryl/α,β-unsaturated/α-hetero) is 1. The third-order valence-corrected chi connectivity index (χ3v) is 3.06. The predicted octanol–water partition coefficient (Wildman–Crippen LogP) is 2.86. The Morgan fingerprint density at radius 3 is 2.53 bits per heavy atom. The molecule has 0 amide bonds. The van der Waals surface area contributed by atoms with Crippen LogP contribution in [0.5, 0.6) is 0 Å². The van der Waals surface area contributed by atoms with Crippen molar-refractivity contribution in [3.8, 4) is 0 Å². The van der Waals surface area contributed by atoms with Crippen molar-refractivity contribution in [1.82, 2.24) is 0 Å². The average Bonchev–Trinajstić information content (AvgIpc) is 2.28. The molecule has 1 rings (SSSR count). The molecule has 2 nitrogen and oxygen atoms in total. The lowest BCUT2D eigenvalue weighted by Gasteiger charge is -2.13. The van der Waals surface area contributed by atoms with E-state index in [0.29, 0.717) is 0 Å². The van der Waals surface area contributed by atoms with Crippen molar-refractivity contribution >= 4 is 21.7 Å². The number of rotatable bonds is 4. The van der Waals surface area contributed by atoms with E-state index in [-0.39, 0.29) is 16.0 Å². The number of hydrogen-bond acceptors (Lipinski definition) is 2. The molecule has 0 fully saturated rings. The lowest BCUT2D eigenvalue weighted by molar-refractivity contribution is -0.128. The maximum atomic E-state index is 13.6. The highest BCUT2D eigenvalue weighted by atomic mass is 79.9. The number of aliphatic hydroxyl groups excluding tert-OH is 1. The normalized spacial score (nSPS) is 12.9. The van der Waals surface area contributed by atoms with Gasteiger partial charge in [0.2, 0.25) is 0 Å². The van der Waals surface area contributed by atoms with Gasteiger partial charge in [0.15, 0.2) is 5.78 Å². The molecular weight excluding hydrogens is 294 g/mol. The van der Waals surface area contributed by atoms with Gasteiger partial charge >= 0.3 is 0 Å². The minimum Gasteiger partial charge on any atom is -0.385 e. The Kier molecular flexibility index (Phi) is 4.77. The monoisotopic (exact) mass is 306 g/mol. The largest absolute Gasteiger partial charge is 0.385 e. The van der Waals surface area contributed by atoms with Crippen molar-refractivity contribution in [2.45, 2.75) is 26.4 Å². The Hall–Kier alpha value is -0.810. The lowest BCUT2D eigenvalue weighted by atomic mass is 9.97. The molecule has 17 heavy (non-hydrogen) atoms.